The van der Waals surface area contributed by atoms with Gasteiger partial charge in [-0.25, -0.2) is 4.79 Å². The smallest absolute Gasteiger partial charge is 0.336 e. The van der Waals surface area contributed by atoms with Gasteiger partial charge in [0.1, 0.15) is 0 Å². The molecule has 0 bridgehead atoms. The van der Waals surface area contributed by atoms with Crippen LogP contribution in [0.15, 0.2) is 12.1 Å². The van der Waals surface area contributed by atoms with E-state index in [0.29, 0.717) is 23.7 Å². The summed E-state index contributed by atoms with van der Waals surface area (Å²) in [6.45, 7) is 6.23. The lowest BCUT2D eigenvalue weighted by Gasteiger charge is -2.12. The molecule has 0 radical (unpaired) electrons. The molecular weight excluding hydrogens is 236 g/mol. The van der Waals surface area contributed by atoms with E-state index in [0.717, 1.165) is 6.07 Å². The van der Waals surface area contributed by atoms with E-state index in [2.05, 4.69) is 5.32 Å². The monoisotopic (exact) mass is 252 g/mol. The molecule has 0 aliphatic rings. The highest BCUT2D eigenvalue weighted by Gasteiger charge is 2.18. The van der Waals surface area contributed by atoms with Crippen LogP contribution in [0.5, 0.6) is 0 Å². The topological polar surface area (TPSA) is 92.5 Å². The van der Waals surface area contributed by atoms with Gasteiger partial charge in [0.2, 0.25) is 0 Å². The summed E-state index contributed by atoms with van der Waals surface area (Å²) in [7, 11) is 0. The quantitative estimate of drug-likeness (QED) is 0.620. The van der Waals surface area contributed by atoms with Gasteiger partial charge < -0.3 is 10.4 Å². The average Bonchev–Trinajstić information content (AvgIpc) is 2.26. The Morgan fingerprint density at radius 3 is 2.56 bits per heavy atom. The summed E-state index contributed by atoms with van der Waals surface area (Å²) in [5.74, 6) is -0.817. The molecule has 0 saturated heterocycles. The van der Waals surface area contributed by atoms with Crippen molar-refractivity contribution in [1.29, 1.82) is 0 Å². The summed E-state index contributed by atoms with van der Waals surface area (Å²) >= 11 is 0. The van der Waals surface area contributed by atoms with Crippen LogP contribution < -0.4 is 5.32 Å². The average molecular weight is 252 g/mol. The van der Waals surface area contributed by atoms with Gasteiger partial charge in [0.05, 0.1) is 10.5 Å². The number of anilines is 1. The molecule has 0 atom stereocenters. The van der Waals surface area contributed by atoms with E-state index in [1.54, 1.807) is 6.92 Å². The lowest BCUT2D eigenvalue weighted by molar-refractivity contribution is -0.385. The van der Waals surface area contributed by atoms with Gasteiger partial charge in [-0.05, 0) is 18.9 Å². The number of hydrogen-bond acceptors (Lipinski definition) is 4. The number of nitrogens with zero attached hydrogens (tertiary/aromatic N) is 1. The van der Waals surface area contributed by atoms with E-state index in [-0.39, 0.29) is 11.3 Å². The van der Waals surface area contributed by atoms with Crippen LogP contribution >= 0.6 is 0 Å². The van der Waals surface area contributed by atoms with Crippen LogP contribution in [0.2, 0.25) is 0 Å². The Hall–Kier alpha value is -2.11. The molecule has 0 aromatic heterocycles. The second kappa shape index (κ2) is 5.48. The van der Waals surface area contributed by atoms with Gasteiger partial charge in [0, 0.05) is 23.9 Å². The van der Waals surface area contributed by atoms with Gasteiger partial charge >= 0.3 is 5.97 Å². The fraction of sp³-hybridized carbons (Fsp3) is 0.417. The summed E-state index contributed by atoms with van der Waals surface area (Å²) in [6, 6.07) is 2.51. The van der Waals surface area contributed by atoms with Gasteiger partial charge in [-0.3, -0.25) is 10.1 Å². The second-order valence-electron chi connectivity index (χ2n) is 4.50. The minimum atomic E-state index is -1.18. The van der Waals surface area contributed by atoms with E-state index in [1.165, 1.54) is 6.07 Å². The fourth-order valence-corrected chi connectivity index (χ4v) is 1.51. The van der Waals surface area contributed by atoms with Crippen molar-refractivity contribution in [2.45, 2.75) is 20.8 Å². The van der Waals surface area contributed by atoms with Gasteiger partial charge in [-0.1, -0.05) is 13.8 Å². The third kappa shape index (κ3) is 3.19. The SMILES string of the molecule is Cc1c(NCC(C)C)cc(C(=O)O)cc1[N+](=O)[O-]. The van der Waals surface area contributed by atoms with Crippen molar-refractivity contribution in [3.63, 3.8) is 0 Å². The molecule has 6 nitrogen and oxygen atoms in total. The van der Waals surface area contributed by atoms with Crippen molar-refractivity contribution >= 4 is 17.3 Å². The Balaban J connectivity index is 3.22. The Labute approximate surface area is 105 Å². The van der Waals surface area contributed by atoms with Crippen molar-refractivity contribution < 1.29 is 14.8 Å². The van der Waals surface area contributed by atoms with Crippen LogP contribution in [0.3, 0.4) is 0 Å². The molecule has 1 aromatic rings. The molecule has 0 fully saturated rings. The number of carboxylic acid groups (broad SMARTS) is 1. The minimum absolute atomic E-state index is 0.0847. The van der Waals surface area contributed by atoms with Crippen molar-refractivity contribution in [3.05, 3.63) is 33.4 Å². The lowest BCUT2D eigenvalue weighted by atomic mass is 10.1. The van der Waals surface area contributed by atoms with E-state index < -0.39 is 10.9 Å². The first-order valence-corrected chi connectivity index (χ1v) is 5.59. The number of carboxylic acids is 1. The zero-order valence-corrected chi connectivity index (χ0v) is 10.6. The number of benzene rings is 1. The molecule has 2 N–H and O–H groups in total. The first kappa shape index (κ1) is 14.0. The third-order valence-electron chi connectivity index (χ3n) is 2.52. The third-order valence-corrected chi connectivity index (χ3v) is 2.52. The van der Waals surface area contributed by atoms with Gasteiger partial charge in [0.15, 0.2) is 0 Å². The molecule has 1 rings (SSSR count). The molecule has 0 unspecified atom stereocenters. The lowest BCUT2D eigenvalue weighted by Crippen LogP contribution is -2.11. The number of nitro benzene ring substituents is 1. The number of nitro groups is 1. The zero-order chi connectivity index (χ0) is 13.9. The number of carbonyl (C=O) groups is 1. The first-order chi connectivity index (χ1) is 8.32. The molecule has 0 amide bonds. The maximum Gasteiger partial charge on any atom is 0.336 e. The molecule has 0 aliphatic heterocycles. The summed E-state index contributed by atoms with van der Waals surface area (Å²) < 4.78 is 0. The zero-order valence-electron chi connectivity index (χ0n) is 10.6. The summed E-state index contributed by atoms with van der Waals surface area (Å²) in [6.07, 6.45) is 0. The normalized spacial score (nSPS) is 10.4. The predicted octanol–water partition coefficient (Wildman–Crippen LogP) is 2.67. The van der Waals surface area contributed by atoms with E-state index in [4.69, 9.17) is 5.11 Å². The Morgan fingerprint density at radius 2 is 2.11 bits per heavy atom. The highest BCUT2D eigenvalue weighted by molar-refractivity contribution is 5.90. The number of aromatic carboxylic acids is 1. The van der Waals surface area contributed by atoms with Crippen LogP contribution in [0.4, 0.5) is 11.4 Å². The van der Waals surface area contributed by atoms with Gasteiger partial charge in [-0.15, -0.1) is 0 Å². The summed E-state index contributed by atoms with van der Waals surface area (Å²) in [5.41, 5.74) is 0.681. The number of nitrogens with one attached hydrogen (secondary N) is 1. The number of hydrogen-bond donors (Lipinski definition) is 2. The highest BCUT2D eigenvalue weighted by atomic mass is 16.6. The van der Waals surface area contributed by atoms with Crippen LogP contribution in [0, 0.1) is 23.0 Å². The van der Waals surface area contributed by atoms with Crippen LogP contribution in [-0.2, 0) is 0 Å². The molecule has 0 heterocycles. The Morgan fingerprint density at radius 1 is 1.50 bits per heavy atom. The first-order valence-electron chi connectivity index (χ1n) is 5.59. The number of rotatable bonds is 5. The standard InChI is InChI=1S/C12H16N2O4/c1-7(2)6-13-10-4-9(12(15)16)5-11(8(10)3)14(17)18/h4-5,7,13H,6H2,1-3H3,(H,15,16). The van der Waals surface area contributed by atoms with Crippen molar-refractivity contribution in [2.75, 3.05) is 11.9 Å². The molecule has 0 spiro atoms. The molecule has 98 valence electrons. The van der Waals surface area contributed by atoms with Crippen LogP contribution in [0.25, 0.3) is 0 Å². The molecular formula is C12H16N2O4. The minimum Gasteiger partial charge on any atom is -0.478 e. The van der Waals surface area contributed by atoms with Crippen molar-refractivity contribution in [1.82, 2.24) is 0 Å². The van der Waals surface area contributed by atoms with Crippen LogP contribution in [0.1, 0.15) is 29.8 Å². The van der Waals surface area contributed by atoms with Crippen molar-refractivity contribution in [2.24, 2.45) is 5.92 Å². The maximum absolute atomic E-state index is 10.9. The molecule has 6 heteroatoms. The van der Waals surface area contributed by atoms with Gasteiger partial charge in [-0.2, -0.15) is 0 Å². The Kier molecular flexibility index (Phi) is 4.25. The summed E-state index contributed by atoms with van der Waals surface area (Å²) in [4.78, 5) is 21.2. The fourth-order valence-electron chi connectivity index (χ4n) is 1.51. The summed E-state index contributed by atoms with van der Waals surface area (Å²) in [5, 5.41) is 22.8. The molecule has 1 aromatic carbocycles. The molecule has 18 heavy (non-hydrogen) atoms. The largest absolute Gasteiger partial charge is 0.478 e. The van der Waals surface area contributed by atoms with E-state index in [1.807, 2.05) is 13.8 Å². The van der Waals surface area contributed by atoms with Gasteiger partial charge in [0.25, 0.3) is 5.69 Å². The second-order valence-corrected chi connectivity index (χ2v) is 4.50. The van der Waals surface area contributed by atoms with E-state index in [9.17, 15) is 14.9 Å². The highest BCUT2D eigenvalue weighted by Crippen LogP contribution is 2.28. The Bertz CT molecular complexity index is 483. The van der Waals surface area contributed by atoms with E-state index >= 15 is 0 Å². The molecule has 0 aliphatic carbocycles. The van der Waals surface area contributed by atoms with Crippen LogP contribution in [-0.4, -0.2) is 22.5 Å². The van der Waals surface area contributed by atoms with Crippen molar-refractivity contribution in [3.8, 4) is 0 Å². The predicted molar refractivity (Wildman–Crippen MR) is 68.1 cm³/mol. The molecule has 0 saturated carbocycles. The maximum atomic E-state index is 10.9.